The SMILES string of the molecule is O=C=O.OC[C@H]1OC(O)[C@H](O)[C@@H](O)[C@@H]1O. The molecule has 0 bridgehead atoms. The number of hydrogen-bond acceptors (Lipinski definition) is 8. The van der Waals surface area contributed by atoms with E-state index in [1.807, 2.05) is 0 Å². The molecule has 1 unspecified atom stereocenters. The molecule has 5 N–H and O–H groups in total. The Kier molecular flexibility index (Phi) is 6.21. The molecule has 1 saturated heterocycles. The average molecular weight is 224 g/mol. The third kappa shape index (κ3) is 3.65. The molecule has 0 aromatic carbocycles. The lowest BCUT2D eigenvalue weighted by Crippen LogP contribution is -2.58. The van der Waals surface area contributed by atoms with Gasteiger partial charge in [0.05, 0.1) is 6.61 Å². The minimum atomic E-state index is -1.57. The summed E-state index contributed by atoms with van der Waals surface area (Å²) in [6, 6.07) is 0. The molecule has 0 aromatic heterocycles. The normalized spacial score (nSPS) is 39.9. The molecule has 0 aromatic rings. The first-order valence-corrected chi connectivity index (χ1v) is 3.97. The summed E-state index contributed by atoms with van der Waals surface area (Å²) in [6.07, 6.45) is -6.79. The van der Waals surface area contributed by atoms with Crippen molar-refractivity contribution in [3.8, 4) is 0 Å². The zero-order chi connectivity index (χ0) is 12.0. The van der Waals surface area contributed by atoms with Gasteiger partial charge in [0, 0.05) is 0 Å². The molecule has 8 heteroatoms. The van der Waals surface area contributed by atoms with Crippen molar-refractivity contribution in [1.29, 1.82) is 0 Å². The molecule has 1 rings (SSSR count). The second-order valence-electron chi connectivity index (χ2n) is 2.80. The fourth-order valence-corrected chi connectivity index (χ4v) is 1.08. The summed E-state index contributed by atoms with van der Waals surface area (Å²) in [5.41, 5.74) is 0. The highest BCUT2D eigenvalue weighted by Crippen LogP contribution is 2.18. The first-order valence-electron chi connectivity index (χ1n) is 3.97. The third-order valence-corrected chi connectivity index (χ3v) is 1.87. The van der Waals surface area contributed by atoms with Crippen LogP contribution >= 0.6 is 0 Å². The van der Waals surface area contributed by atoms with Crippen LogP contribution in [0.4, 0.5) is 0 Å². The molecular formula is C7H12O8. The Morgan fingerprint density at radius 3 is 1.87 bits per heavy atom. The van der Waals surface area contributed by atoms with Gasteiger partial charge < -0.3 is 30.3 Å². The van der Waals surface area contributed by atoms with Gasteiger partial charge in [-0.05, 0) is 0 Å². The Balaban J connectivity index is 0.000000583. The van der Waals surface area contributed by atoms with E-state index in [0.29, 0.717) is 0 Å². The largest absolute Gasteiger partial charge is 0.394 e. The van der Waals surface area contributed by atoms with E-state index < -0.39 is 37.3 Å². The van der Waals surface area contributed by atoms with Crippen LogP contribution in [0.15, 0.2) is 0 Å². The standard InChI is InChI=1S/C6H12O6.CO2/c7-1-2-3(8)4(9)5(10)6(11)12-2;2-1-3/h2-11H,1H2;/t2-,3-,4+,5-,6?;/m1./s1. The second-order valence-corrected chi connectivity index (χ2v) is 2.80. The van der Waals surface area contributed by atoms with Crippen LogP contribution in [-0.4, -0.2) is 69.0 Å². The first kappa shape index (κ1) is 14.1. The van der Waals surface area contributed by atoms with Gasteiger partial charge in [-0.3, -0.25) is 0 Å². The minimum Gasteiger partial charge on any atom is -0.394 e. The molecule has 0 aliphatic carbocycles. The Labute approximate surface area is 84.3 Å². The smallest absolute Gasteiger partial charge is 0.373 e. The van der Waals surface area contributed by atoms with E-state index in [2.05, 4.69) is 4.74 Å². The second kappa shape index (κ2) is 6.59. The minimum absolute atomic E-state index is 0.250. The maximum atomic E-state index is 9.12. The highest BCUT2D eigenvalue weighted by Gasteiger charge is 2.42. The molecule has 1 fully saturated rings. The predicted octanol–water partition coefficient (Wildman–Crippen LogP) is -3.80. The number of aliphatic hydroxyl groups excluding tert-OH is 5. The van der Waals surface area contributed by atoms with Gasteiger partial charge in [-0.25, -0.2) is 0 Å². The molecule has 1 heterocycles. The van der Waals surface area contributed by atoms with Gasteiger partial charge in [-0.15, -0.1) is 0 Å². The topological polar surface area (TPSA) is 145 Å². The van der Waals surface area contributed by atoms with Crippen LogP contribution in [0.2, 0.25) is 0 Å². The number of carbonyl (C=O) groups excluding carboxylic acids is 2. The van der Waals surface area contributed by atoms with Gasteiger partial charge in [0.1, 0.15) is 24.4 Å². The molecule has 15 heavy (non-hydrogen) atoms. The van der Waals surface area contributed by atoms with Gasteiger partial charge >= 0.3 is 6.15 Å². The zero-order valence-corrected chi connectivity index (χ0v) is 7.55. The van der Waals surface area contributed by atoms with E-state index in [1.165, 1.54) is 0 Å². The quantitative estimate of drug-likeness (QED) is 0.305. The van der Waals surface area contributed by atoms with E-state index in [1.54, 1.807) is 0 Å². The Morgan fingerprint density at radius 2 is 1.47 bits per heavy atom. The van der Waals surface area contributed by atoms with E-state index >= 15 is 0 Å². The fraction of sp³-hybridized carbons (Fsp3) is 0.857. The third-order valence-electron chi connectivity index (χ3n) is 1.87. The predicted molar refractivity (Wildman–Crippen MR) is 41.0 cm³/mol. The number of rotatable bonds is 1. The molecule has 8 nitrogen and oxygen atoms in total. The highest BCUT2D eigenvalue weighted by molar-refractivity contribution is 5.20. The van der Waals surface area contributed by atoms with E-state index in [-0.39, 0.29) is 6.15 Å². The van der Waals surface area contributed by atoms with Gasteiger partial charge in [0.2, 0.25) is 0 Å². The lowest BCUT2D eigenvalue weighted by molar-refractivity contribution is -0.286. The number of hydrogen-bond donors (Lipinski definition) is 5. The van der Waals surface area contributed by atoms with Crippen LogP contribution in [0.3, 0.4) is 0 Å². The Hall–Kier alpha value is -0.860. The molecule has 0 radical (unpaired) electrons. The molecule has 0 saturated carbocycles. The van der Waals surface area contributed by atoms with Crippen molar-refractivity contribution >= 4 is 6.15 Å². The molecule has 0 amide bonds. The molecule has 0 spiro atoms. The molecule has 5 atom stereocenters. The molecule has 1 aliphatic rings. The van der Waals surface area contributed by atoms with Gasteiger partial charge in [0.15, 0.2) is 6.29 Å². The van der Waals surface area contributed by atoms with Gasteiger partial charge in [0.25, 0.3) is 0 Å². The maximum Gasteiger partial charge on any atom is 0.373 e. The Bertz CT molecular complexity index is 208. The summed E-state index contributed by atoms with van der Waals surface area (Å²) < 4.78 is 4.58. The monoisotopic (exact) mass is 224 g/mol. The van der Waals surface area contributed by atoms with Gasteiger partial charge in [-0.1, -0.05) is 0 Å². The summed E-state index contributed by atoms with van der Waals surface area (Å²) >= 11 is 0. The average Bonchev–Trinajstić information content (AvgIpc) is 2.21. The van der Waals surface area contributed by atoms with Crippen LogP contribution in [0.5, 0.6) is 0 Å². The van der Waals surface area contributed by atoms with Crippen molar-refractivity contribution in [3.05, 3.63) is 0 Å². The van der Waals surface area contributed by atoms with E-state index in [4.69, 9.17) is 35.1 Å². The van der Waals surface area contributed by atoms with Crippen molar-refractivity contribution in [2.45, 2.75) is 30.7 Å². The van der Waals surface area contributed by atoms with Crippen LogP contribution in [0.1, 0.15) is 0 Å². The molecule has 88 valence electrons. The van der Waals surface area contributed by atoms with Crippen LogP contribution < -0.4 is 0 Å². The van der Waals surface area contributed by atoms with Crippen LogP contribution in [0.25, 0.3) is 0 Å². The van der Waals surface area contributed by atoms with Crippen molar-refractivity contribution in [3.63, 3.8) is 0 Å². The highest BCUT2D eigenvalue weighted by atomic mass is 16.6. The number of ether oxygens (including phenoxy) is 1. The van der Waals surface area contributed by atoms with Crippen molar-refractivity contribution in [2.75, 3.05) is 6.61 Å². The molecular weight excluding hydrogens is 212 g/mol. The number of aliphatic hydroxyl groups is 5. The van der Waals surface area contributed by atoms with Crippen LogP contribution in [-0.2, 0) is 14.3 Å². The van der Waals surface area contributed by atoms with Crippen molar-refractivity contribution in [1.82, 2.24) is 0 Å². The Morgan fingerprint density at radius 1 is 1.00 bits per heavy atom. The fourth-order valence-electron chi connectivity index (χ4n) is 1.08. The van der Waals surface area contributed by atoms with E-state index in [0.717, 1.165) is 0 Å². The molecule has 1 aliphatic heterocycles. The van der Waals surface area contributed by atoms with E-state index in [9.17, 15) is 0 Å². The maximum absolute atomic E-state index is 9.12. The summed E-state index contributed by atoms with van der Waals surface area (Å²) in [6.45, 7) is -0.526. The summed E-state index contributed by atoms with van der Waals surface area (Å²) in [4.78, 5) is 16.2. The summed E-state index contributed by atoms with van der Waals surface area (Å²) in [7, 11) is 0. The van der Waals surface area contributed by atoms with Crippen molar-refractivity contribution < 1.29 is 39.9 Å². The first-order chi connectivity index (χ1) is 6.99. The summed E-state index contributed by atoms with van der Waals surface area (Å²) in [5, 5.41) is 44.7. The lowest BCUT2D eigenvalue weighted by atomic mass is 10.00. The lowest BCUT2D eigenvalue weighted by Gasteiger charge is -2.37. The summed E-state index contributed by atoms with van der Waals surface area (Å²) in [5.74, 6) is 0. The van der Waals surface area contributed by atoms with Crippen molar-refractivity contribution in [2.24, 2.45) is 0 Å². The zero-order valence-electron chi connectivity index (χ0n) is 7.55. The van der Waals surface area contributed by atoms with Gasteiger partial charge in [-0.2, -0.15) is 9.59 Å². The van der Waals surface area contributed by atoms with Crippen LogP contribution in [0, 0.1) is 0 Å².